The van der Waals surface area contributed by atoms with E-state index in [9.17, 15) is 0 Å². The van der Waals surface area contributed by atoms with E-state index in [-0.39, 0.29) is 5.84 Å². The number of aromatic amines is 1. The lowest BCUT2D eigenvalue weighted by Gasteiger charge is -2.02. The topological polar surface area (TPSA) is 115 Å². The maximum absolute atomic E-state index is 7.36. The standard InChI is InChI=1S/C18H15N7/c19-18(20)14-6-9-15(10-7-14)23-25-24-17-4-2-1-3-13(17)5-8-16-11-12-21-22-16/h1-4,6-7,9-12H,(H3,19,20)(H,21,22)(H,23,24). The van der Waals surface area contributed by atoms with Gasteiger partial charge in [-0.25, -0.2) is 0 Å². The molecule has 0 aliphatic heterocycles. The van der Waals surface area contributed by atoms with Crippen LogP contribution in [-0.4, -0.2) is 16.0 Å². The van der Waals surface area contributed by atoms with Crippen molar-refractivity contribution in [2.75, 3.05) is 5.43 Å². The molecule has 0 saturated carbocycles. The molecule has 3 aromatic rings. The first-order chi connectivity index (χ1) is 12.2. The molecule has 2 aromatic carbocycles. The molecule has 3 rings (SSSR count). The fraction of sp³-hybridized carbons (Fsp3) is 0. The Bertz CT molecular complexity index is 945. The number of hydrogen-bond acceptors (Lipinski definition) is 4. The number of para-hydroxylation sites is 1. The number of amidine groups is 1. The van der Waals surface area contributed by atoms with Gasteiger partial charge in [0, 0.05) is 11.8 Å². The highest BCUT2D eigenvalue weighted by atomic mass is 15.4. The Labute approximate surface area is 144 Å². The predicted octanol–water partition coefficient (Wildman–Crippen LogP) is 3.20. The second-order valence-corrected chi connectivity index (χ2v) is 5.04. The molecule has 0 radical (unpaired) electrons. The summed E-state index contributed by atoms with van der Waals surface area (Å²) in [7, 11) is 0. The molecule has 0 spiro atoms. The number of benzene rings is 2. The number of nitrogens with one attached hydrogen (secondary N) is 3. The number of rotatable bonds is 4. The summed E-state index contributed by atoms with van der Waals surface area (Å²) in [6.45, 7) is 0. The van der Waals surface area contributed by atoms with Crippen molar-refractivity contribution in [2.45, 2.75) is 0 Å². The summed E-state index contributed by atoms with van der Waals surface area (Å²) in [5.74, 6) is 6.08. The number of anilines is 1. The Balaban J connectivity index is 1.72. The molecule has 0 saturated heterocycles. The second kappa shape index (κ2) is 7.57. The smallest absolute Gasteiger partial charge is 0.122 e. The quantitative estimate of drug-likeness (QED) is 0.194. The molecule has 122 valence electrons. The third-order valence-corrected chi connectivity index (χ3v) is 3.27. The zero-order chi connectivity index (χ0) is 17.5. The van der Waals surface area contributed by atoms with Crippen LogP contribution in [0.3, 0.4) is 0 Å². The van der Waals surface area contributed by atoms with E-state index in [1.165, 1.54) is 0 Å². The molecule has 0 fully saturated rings. The van der Waals surface area contributed by atoms with E-state index >= 15 is 0 Å². The zero-order valence-electron chi connectivity index (χ0n) is 13.2. The van der Waals surface area contributed by atoms with Crippen LogP contribution in [0, 0.1) is 17.3 Å². The van der Waals surface area contributed by atoms with Crippen LogP contribution in [0.15, 0.2) is 71.1 Å². The lowest BCUT2D eigenvalue weighted by atomic mass is 10.2. The molecule has 0 unspecified atom stereocenters. The van der Waals surface area contributed by atoms with Crippen LogP contribution in [0.1, 0.15) is 16.8 Å². The van der Waals surface area contributed by atoms with E-state index in [1.54, 1.807) is 36.5 Å². The van der Waals surface area contributed by atoms with Crippen molar-refractivity contribution in [1.82, 2.24) is 10.2 Å². The Morgan fingerprint density at radius 1 is 1.08 bits per heavy atom. The van der Waals surface area contributed by atoms with Crippen LogP contribution in [0.4, 0.5) is 11.4 Å². The predicted molar refractivity (Wildman–Crippen MR) is 96.6 cm³/mol. The molecule has 7 nitrogen and oxygen atoms in total. The van der Waals surface area contributed by atoms with Gasteiger partial charge in [0.15, 0.2) is 0 Å². The third kappa shape index (κ3) is 4.30. The van der Waals surface area contributed by atoms with Crippen molar-refractivity contribution in [3.8, 4) is 11.8 Å². The summed E-state index contributed by atoms with van der Waals surface area (Å²) >= 11 is 0. The molecule has 0 aliphatic rings. The van der Waals surface area contributed by atoms with Crippen LogP contribution >= 0.6 is 0 Å². The van der Waals surface area contributed by atoms with Crippen LogP contribution < -0.4 is 11.2 Å². The summed E-state index contributed by atoms with van der Waals surface area (Å²) in [4.78, 5) is 0. The summed E-state index contributed by atoms with van der Waals surface area (Å²) in [6, 6.07) is 16.3. The van der Waals surface area contributed by atoms with Gasteiger partial charge in [0.1, 0.15) is 11.5 Å². The maximum Gasteiger partial charge on any atom is 0.122 e. The van der Waals surface area contributed by atoms with Crippen LogP contribution in [0.2, 0.25) is 0 Å². The highest BCUT2D eigenvalue weighted by molar-refractivity contribution is 5.95. The molecule has 1 heterocycles. The van der Waals surface area contributed by atoms with Crippen molar-refractivity contribution in [3.05, 3.63) is 77.6 Å². The summed E-state index contributed by atoms with van der Waals surface area (Å²) < 4.78 is 0. The molecule has 0 atom stereocenters. The van der Waals surface area contributed by atoms with Crippen LogP contribution in [0.25, 0.3) is 0 Å². The first kappa shape index (κ1) is 16.0. The lowest BCUT2D eigenvalue weighted by Crippen LogP contribution is -2.10. The molecule has 25 heavy (non-hydrogen) atoms. The van der Waals surface area contributed by atoms with Gasteiger partial charge in [-0.15, -0.1) is 5.11 Å². The summed E-state index contributed by atoms with van der Waals surface area (Å²) in [6.07, 6.45) is 1.65. The van der Waals surface area contributed by atoms with E-state index in [2.05, 4.69) is 37.8 Å². The molecular formula is C18H15N7. The van der Waals surface area contributed by atoms with Crippen molar-refractivity contribution in [1.29, 1.82) is 5.41 Å². The van der Waals surface area contributed by atoms with E-state index in [4.69, 9.17) is 11.1 Å². The van der Waals surface area contributed by atoms with Gasteiger partial charge in [-0.1, -0.05) is 23.3 Å². The minimum Gasteiger partial charge on any atom is -0.384 e. The van der Waals surface area contributed by atoms with Crippen molar-refractivity contribution in [2.24, 2.45) is 16.1 Å². The SMILES string of the molecule is N=C(N)c1ccc(/N=N/Nc2ccccc2C#Cc2ccn[nH]2)cc1. The highest BCUT2D eigenvalue weighted by Crippen LogP contribution is 2.16. The first-order valence-electron chi connectivity index (χ1n) is 7.44. The summed E-state index contributed by atoms with van der Waals surface area (Å²) in [5, 5.41) is 22.1. The third-order valence-electron chi connectivity index (χ3n) is 3.27. The Kier molecular flexibility index (Phi) is 4.83. The van der Waals surface area contributed by atoms with Gasteiger partial charge in [-0.05, 0) is 48.4 Å². The van der Waals surface area contributed by atoms with Gasteiger partial charge in [0.25, 0.3) is 0 Å². The normalized spacial score (nSPS) is 10.2. The minimum atomic E-state index is 0.0198. The van der Waals surface area contributed by atoms with Gasteiger partial charge in [-0.2, -0.15) is 5.10 Å². The van der Waals surface area contributed by atoms with Gasteiger partial charge >= 0.3 is 0 Å². The van der Waals surface area contributed by atoms with Crippen LogP contribution in [-0.2, 0) is 0 Å². The van der Waals surface area contributed by atoms with Crippen molar-refractivity contribution in [3.63, 3.8) is 0 Å². The number of aromatic nitrogens is 2. The fourth-order valence-electron chi connectivity index (χ4n) is 1.99. The second-order valence-electron chi connectivity index (χ2n) is 5.04. The molecule has 5 N–H and O–H groups in total. The number of nitrogens with two attached hydrogens (primary N) is 1. The largest absolute Gasteiger partial charge is 0.384 e. The average Bonchev–Trinajstić information content (AvgIpc) is 3.15. The van der Waals surface area contributed by atoms with Gasteiger partial charge < -0.3 is 5.73 Å². The highest BCUT2D eigenvalue weighted by Gasteiger charge is 1.98. The average molecular weight is 329 g/mol. The molecule has 1 aromatic heterocycles. The van der Waals surface area contributed by atoms with Crippen LogP contribution in [0.5, 0.6) is 0 Å². The molecule has 0 bridgehead atoms. The van der Waals surface area contributed by atoms with Crippen molar-refractivity contribution < 1.29 is 0 Å². The number of nitrogens with zero attached hydrogens (tertiary/aromatic N) is 3. The Morgan fingerprint density at radius 3 is 2.60 bits per heavy atom. The van der Waals surface area contributed by atoms with Gasteiger partial charge in [0.05, 0.1) is 16.9 Å². The number of nitrogen functional groups attached to an aromatic ring is 1. The first-order valence-corrected chi connectivity index (χ1v) is 7.44. The van der Waals surface area contributed by atoms with E-state index in [0.717, 1.165) is 16.9 Å². The van der Waals surface area contributed by atoms with Gasteiger partial charge in [-0.3, -0.25) is 15.9 Å². The molecular weight excluding hydrogens is 314 g/mol. The van der Waals surface area contributed by atoms with Crippen molar-refractivity contribution >= 4 is 17.2 Å². The lowest BCUT2D eigenvalue weighted by molar-refractivity contribution is 1.08. The number of H-pyrrole nitrogens is 1. The van der Waals surface area contributed by atoms with E-state index in [1.807, 2.05) is 24.3 Å². The Hall–Kier alpha value is -3.92. The van der Waals surface area contributed by atoms with E-state index in [0.29, 0.717) is 11.3 Å². The monoisotopic (exact) mass is 329 g/mol. The summed E-state index contributed by atoms with van der Waals surface area (Å²) in [5.41, 5.74) is 11.9. The zero-order valence-corrected chi connectivity index (χ0v) is 13.2. The fourth-order valence-corrected chi connectivity index (χ4v) is 1.99. The minimum absolute atomic E-state index is 0.0198. The van der Waals surface area contributed by atoms with Gasteiger partial charge in [0.2, 0.25) is 0 Å². The molecule has 0 aliphatic carbocycles. The maximum atomic E-state index is 7.36. The van der Waals surface area contributed by atoms with E-state index < -0.39 is 0 Å². The molecule has 0 amide bonds. The molecule has 7 heteroatoms. The number of hydrogen-bond donors (Lipinski definition) is 4. The Morgan fingerprint density at radius 2 is 1.88 bits per heavy atom.